The zero-order valence-corrected chi connectivity index (χ0v) is 12.9. The van der Waals surface area contributed by atoms with E-state index in [1.54, 1.807) is 17.7 Å². The SMILES string of the molecule is Cc1csc2c(N3CCC4(CC3)NC(=O)NC4=O)ncnc12. The van der Waals surface area contributed by atoms with E-state index in [0.29, 0.717) is 25.9 Å². The van der Waals surface area contributed by atoms with Crippen LogP contribution in [-0.2, 0) is 4.79 Å². The van der Waals surface area contributed by atoms with Gasteiger partial charge in [-0.25, -0.2) is 14.8 Å². The number of carbonyl (C=O) groups excluding carboxylic acids is 2. The van der Waals surface area contributed by atoms with Crippen molar-refractivity contribution in [3.05, 3.63) is 17.3 Å². The molecule has 0 unspecified atom stereocenters. The van der Waals surface area contributed by atoms with Crippen molar-refractivity contribution in [1.82, 2.24) is 20.6 Å². The number of hydrogen-bond acceptors (Lipinski definition) is 6. The number of piperidine rings is 1. The molecular formula is C14H15N5O2S. The summed E-state index contributed by atoms with van der Waals surface area (Å²) in [4.78, 5) is 34.3. The number of anilines is 1. The minimum Gasteiger partial charge on any atom is -0.355 e. The van der Waals surface area contributed by atoms with Gasteiger partial charge < -0.3 is 10.2 Å². The zero-order valence-electron chi connectivity index (χ0n) is 12.0. The minimum absolute atomic E-state index is 0.211. The van der Waals surface area contributed by atoms with Crippen LogP contribution in [0.5, 0.6) is 0 Å². The summed E-state index contributed by atoms with van der Waals surface area (Å²) in [6.45, 7) is 3.40. The van der Waals surface area contributed by atoms with Gasteiger partial charge in [0.25, 0.3) is 5.91 Å². The van der Waals surface area contributed by atoms with E-state index in [1.807, 2.05) is 6.92 Å². The largest absolute Gasteiger partial charge is 0.355 e. The van der Waals surface area contributed by atoms with Gasteiger partial charge in [-0.2, -0.15) is 0 Å². The number of carbonyl (C=O) groups is 2. The number of aryl methyl sites for hydroxylation is 1. The van der Waals surface area contributed by atoms with Crippen molar-refractivity contribution >= 4 is 39.3 Å². The van der Waals surface area contributed by atoms with Crippen molar-refractivity contribution in [3.63, 3.8) is 0 Å². The van der Waals surface area contributed by atoms with Crippen LogP contribution in [0.3, 0.4) is 0 Å². The molecule has 4 rings (SSSR count). The number of rotatable bonds is 1. The van der Waals surface area contributed by atoms with E-state index in [-0.39, 0.29) is 5.91 Å². The Labute approximate surface area is 130 Å². The molecule has 2 aliphatic heterocycles. The fraction of sp³-hybridized carbons (Fsp3) is 0.429. The fourth-order valence-electron chi connectivity index (χ4n) is 3.16. The lowest BCUT2D eigenvalue weighted by Crippen LogP contribution is -2.55. The summed E-state index contributed by atoms with van der Waals surface area (Å²) in [6.07, 6.45) is 2.76. The molecule has 0 aliphatic carbocycles. The van der Waals surface area contributed by atoms with Crippen molar-refractivity contribution in [3.8, 4) is 0 Å². The van der Waals surface area contributed by atoms with E-state index >= 15 is 0 Å². The summed E-state index contributed by atoms with van der Waals surface area (Å²) in [7, 11) is 0. The van der Waals surface area contributed by atoms with Gasteiger partial charge in [-0.1, -0.05) is 0 Å². The van der Waals surface area contributed by atoms with Crippen LogP contribution in [0.4, 0.5) is 10.6 Å². The maximum absolute atomic E-state index is 12.0. The third-order valence-electron chi connectivity index (χ3n) is 4.44. The second-order valence-electron chi connectivity index (χ2n) is 5.77. The monoisotopic (exact) mass is 317 g/mol. The summed E-state index contributed by atoms with van der Waals surface area (Å²) >= 11 is 1.64. The van der Waals surface area contributed by atoms with Gasteiger partial charge >= 0.3 is 6.03 Å². The van der Waals surface area contributed by atoms with Crippen LogP contribution >= 0.6 is 11.3 Å². The van der Waals surface area contributed by atoms with E-state index in [1.165, 1.54) is 0 Å². The molecule has 4 heterocycles. The number of aromatic nitrogens is 2. The molecule has 0 saturated carbocycles. The Morgan fingerprint density at radius 2 is 2.05 bits per heavy atom. The molecule has 2 saturated heterocycles. The molecule has 0 aromatic carbocycles. The molecule has 8 heteroatoms. The Hall–Kier alpha value is -2.22. The number of nitrogens with zero attached hydrogens (tertiary/aromatic N) is 3. The maximum Gasteiger partial charge on any atom is 0.322 e. The zero-order chi connectivity index (χ0) is 15.3. The van der Waals surface area contributed by atoms with Crippen molar-refractivity contribution in [1.29, 1.82) is 0 Å². The van der Waals surface area contributed by atoms with Crippen LogP contribution in [0.2, 0.25) is 0 Å². The predicted octanol–water partition coefficient (Wildman–Crippen LogP) is 1.18. The van der Waals surface area contributed by atoms with Crippen LogP contribution in [0.25, 0.3) is 10.2 Å². The molecule has 1 spiro atoms. The van der Waals surface area contributed by atoms with Gasteiger partial charge in [0.2, 0.25) is 0 Å². The van der Waals surface area contributed by atoms with Gasteiger partial charge in [0, 0.05) is 13.1 Å². The molecule has 0 radical (unpaired) electrons. The molecular weight excluding hydrogens is 302 g/mol. The quantitative estimate of drug-likeness (QED) is 0.771. The highest BCUT2D eigenvalue weighted by atomic mass is 32.1. The fourth-order valence-corrected chi connectivity index (χ4v) is 4.18. The lowest BCUT2D eigenvalue weighted by Gasteiger charge is -2.37. The van der Waals surface area contributed by atoms with Crippen LogP contribution in [-0.4, -0.2) is 40.5 Å². The van der Waals surface area contributed by atoms with E-state index in [9.17, 15) is 9.59 Å². The topological polar surface area (TPSA) is 87.2 Å². The Kier molecular flexibility index (Phi) is 2.83. The molecule has 22 heavy (non-hydrogen) atoms. The third kappa shape index (κ3) is 1.87. The number of amides is 3. The second kappa shape index (κ2) is 4.64. The predicted molar refractivity (Wildman–Crippen MR) is 83.0 cm³/mol. The number of fused-ring (bicyclic) bond motifs is 1. The van der Waals surface area contributed by atoms with Gasteiger partial charge in [-0.3, -0.25) is 10.1 Å². The van der Waals surface area contributed by atoms with E-state index < -0.39 is 11.6 Å². The van der Waals surface area contributed by atoms with Crippen molar-refractivity contribution < 1.29 is 9.59 Å². The van der Waals surface area contributed by atoms with E-state index in [0.717, 1.165) is 21.6 Å². The molecule has 2 aromatic heterocycles. The molecule has 2 N–H and O–H groups in total. The normalized spacial score (nSPS) is 20.5. The molecule has 0 atom stereocenters. The molecule has 7 nitrogen and oxygen atoms in total. The number of hydrogen-bond donors (Lipinski definition) is 2. The second-order valence-corrected chi connectivity index (χ2v) is 6.65. The number of imide groups is 1. The average molecular weight is 317 g/mol. The first-order valence-corrected chi connectivity index (χ1v) is 8.04. The average Bonchev–Trinajstić information content (AvgIpc) is 3.01. The van der Waals surface area contributed by atoms with Crippen molar-refractivity contribution in [2.75, 3.05) is 18.0 Å². The lowest BCUT2D eigenvalue weighted by molar-refractivity contribution is -0.124. The molecule has 2 aromatic rings. The Bertz CT molecular complexity index is 779. The van der Waals surface area contributed by atoms with E-state index in [2.05, 4.69) is 30.9 Å². The molecule has 0 bridgehead atoms. The summed E-state index contributed by atoms with van der Waals surface area (Å²) in [6, 6.07) is -0.392. The number of urea groups is 1. The first-order chi connectivity index (χ1) is 10.6. The Morgan fingerprint density at radius 3 is 2.73 bits per heavy atom. The minimum atomic E-state index is -0.745. The van der Waals surface area contributed by atoms with Crippen molar-refractivity contribution in [2.24, 2.45) is 0 Å². The molecule has 114 valence electrons. The smallest absolute Gasteiger partial charge is 0.322 e. The van der Waals surface area contributed by atoms with Gasteiger partial charge in [-0.15, -0.1) is 11.3 Å². The lowest BCUT2D eigenvalue weighted by atomic mass is 9.88. The summed E-state index contributed by atoms with van der Waals surface area (Å²) < 4.78 is 1.08. The van der Waals surface area contributed by atoms with Crippen LogP contribution in [0.15, 0.2) is 11.7 Å². The van der Waals surface area contributed by atoms with E-state index in [4.69, 9.17) is 0 Å². The molecule has 3 amide bonds. The van der Waals surface area contributed by atoms with Crippen LogP contribution in [0, 0.1) is 6.92 Å². The van der Waals surface area contributed by atoms with Gasteiger partial charge in [0.05, 0.1) is 10.2 Å². The Morgan fingerprint density at radius 1 is 1.27 bits per heavy atom. The number of thiophene rings is 1. The standard InChI is InChI=1S/C14H15N5O2S/c1-8-6-22-10-9(8)15-7-16-11(10)19-4-2-14(3-5-19)12(20)17-13(21)18-14/h6-7H,2-5H2,1H3,(H2,17,18,20,21). The van der Waals surface area contributed by atoms with Crippen LogP contribution in [0.1, 0.15) is 18.4 Å². The summed E-state index contributed by atoms with van der Waals surface area (Å²) in [5.41, 5.74) is 1.40. The van der Waals surface area contributed by atoms with Gasteiger partial charge in [0.15, 0.2) is 0 Å². The first-order valence-electron chi connectivity index (χ1n) is 7.16. The van der Waals surface area contributed by atoms with Gasteiger partial charge in [-0.05, 0) is 30.7 Å². The third-order valence-corrected chi connectivity index (χ3v) is 5.53. The maximum atomic E-state index is 12.0. The Balaban J connectivity index is 1.61. The summed E-state index contributed by atoms with van der Waals surface area (Å²) in [5.74, 6) is 0.708. The molecule has 2 fully saturated rings. The van der Waals surface area contributed by atoms with Crippen LogP contribution < -0.4 is 15.5 Å². The highest BCUT2D eigenvalue weighted by Gasteiger charge is 2.48. The number of nitrogens with one attached hydrogen (secondary N) is 2. The van der Waals surface area contributed by atoms with Crippen molar-refractivity contribution in [2.45, 2.75) is 25.3 Å². The van der Waals surface area contributed by atoms with Gasteiger partial charge in [0.1, 0.15) is 17.7 Å². The highest BCUT2D eigenvalue weighted by molar-refractivity contribution is 7.18. The first kappa shape index (κ1) is 13.4. The summed E-state index contributed by atoms with van der Waals surface area (Å²) in [5, 5.41) is 7.19. The highest BCUT2D eigenvalue weighted by Crippen LogP contribution is 2.34. The molecule has 2 aliphatic rings.